The molecule has 1 aromatic carbocycles. The summed E-state index contributed by atoms with van der Waals surface area (Å²) in [7, 11) is -4.20. The molecular formula is C18H20N2O7S2. The van der Waals surface area contributed by atoms with Crippen LogP contribution in [-0.4, -0.2) is 30.3 Å². The molecule has 0 aliphatic rings. The highest BCUT2D eigenvalue weighted by atomic mass is 32.2. The van der Waals surface area contributed by atoms with E-state index in [4.69, 9.17) is 0 Å². The van der Waals surface area contributed by atoms with Crippen molar-refractivity contribution in [1.82, 2.24) is 4.72 Å². The van der Waals surface area contributed by atoms with Gasteiger partial charge in [0.15, 0.2) is 0 Å². The Balaban J connectivity index is 2.15. The molecule has 0 spiro atoms. The number of benzene rings is 1. The number of hydrogen-bond acceptors (Lipinski definition) is 7. The second-order valence-electron chi connectivity index (χ2n) is 6.81. The van der Waals surface area contributed by atoms with Crippen LogP contribution < -0.4 is 4.72 Å². The molecule has 11 heteroatoms. The van der Waals surface area contributed by atoms with Crippen LogP contribution in [0.3, 0.4) is 0 Å². The molecule has 0 fully saturated rings. The van der Waals surface area contributed by atoms with Crippen LogP contribution in [0.25, 0.3) is 0 Å². The van der Waals surface area contributed by atoms with E-state index in [1.54, 1.807) is 6.07 Å². The maximum Gasteiger partial charge on any atom is 0.316 e. The summed E-state index contributed by atoms with van der Waals surface area (Å²) in [6.45, 7) is 3.98. The van der Waals surface area contributed by atoms with E-state index in [1.807, 2.05) is 18.6 Å². The molecule has 156 valence electrons. The topological polar surface area (TPSA) is 144 Å². The number of amides is 1. The second kappa shape index (κ2) is 9.14. The standard InChI is InChI=1S/C18H20N2O7S2/c1-11(2)9-14-7-8-16(28-14)29(26,27)19-17(21)15(18(22)23)10-12-3-5-13(6-4-12)20(24)25/h3-8,11,15H,9-10H2,1-2H3,(H,19,21)(H,22,23). The average molecular weight is 440 g/mol. The number of aliphatic carboxylic acids is 1. The number of nitrogens with zero attached hydrogens (tertiary/aromatic N) is 1. The van der Waals surface area contributed by atoms with Gasteiger partial charge in [-0.3, -0.25) is 19.7 Å². The van der Waals surface area contributed by atoms with Gasteiger partial charge >= 0.3 is 5.97 Å². The number of nitro benzene ring substituents is 1. The maximum atomic E-state index is 12.5. The van der Waals surface area contributed by atoms with E-state index < -0.39 is 32.7 Å². The van der Waals surface area contributed by atoms with Gasteiger partial charge in [-0.2, -0.15) is 0 Å². The molecule has 1 aromatic heterocycles. The highest BCUT2D eigenvalue weighted by Gasteiger charge is 2.31. The predicted octanol–water partition coefficient (Wildman–Crippen LogP) is 2.60. The van der Waals surface area contributed by atoms with Crippen LogP contribution in [0.15, 0.2) is 40.6 Å². The minimum atomic E-state index is -4.20. The van der Waals surface area contributed by atoms with Crippen molar-refractivity contribution in [2.45, 2.75) is 30.9 Å². The van der Waals surface area contributed by atoms with Gasteiger partial charge in [0.2, 0.25) is 5.91 Å². The number of carbonyl (C=O) groups is 2. The molecule has 0 aliphatic carbocycles. The van der Waals surface area contributed by atoms with Crippen molar-refractivity contribution in [3.8, 4) is 0 Å². The third-order valence-electron chi connectivity index (χ3n) is 3.95. The summed E-state index contributed by atoms with van der Waals surface area (Å²) in [6.07, 6.45) is 0.379. The lowest BCUT2D eigenvalue weighted by Crippen LogP contribution is -2.39. The smallest absolute Gasteiger partial charge is 0.316 e. The fraction of sp³-hybridized carbons (Fsp3) is 0.333. The van der Waals surface area contributed by atoms with Crippen LogP contribution in [0.1, 0.15) is 24.3 Å². The van der Waals surface area contributed by atoms with Crippen molar-refractivity contribution < 1.29 is 28.0 Å². The zero-order valence-electron chi connectivity index (χ0n) is 15.7. The molecule has 0 radical (unpaired) electrons. The molecule has 1 amide bonds. The Kier molecular flexibility index (Phi) is 7.09. The van der Waals surface area contributed by atoms with Crippen LogP contribution in [0.2, 0.25) is 0 Å². The van der Waals surface area contributed by atoms with Gasteiger partial charge in [0.05, 0.1) is 4.92 Å². The minimum absolute atomic E-state index is 0.0685. The van der Waals surface area contributed by atoms with E-state index in [1.165, 1.54) is 30.3 Å². The van der Waals surface area contributed by atoms with E-state index in [2.05, 4.69) is 0 Å². The van der Waals surface area contributed by atoms with Crippen LogP contribution in [0.5, 0.6) is 0 Å². The first-order valence-corrected chi connectivity index (χ1v) is 10.9. The van der Waals surface area contributed by atoms with Crippen molar-refractivity contribution in [3.05, 3.63) is 57.0 Å². The lowest BCUT2D eigenvalue weighted by atomic mass is 9.99. The van der Waals surface area contributed by atoms with Crippen molar-refractivity contribution in [2.24, 2.45) is 11.8 Å². The largest absolute Gasteiger partial charge is 0.481 e. The molecule has 1 unspecified atom stereocenters. The molecule has 2 aromatic rings. The molecule has 0 bridgehead atoms. The zero-order valence-corrected chi connectivity index (χ0v) is 17.3. The van der Waals surface area contributed by atoms with E-state index in [0.717, 1.165) is 16.2 Å². The first-order valence-electron chi connectivity index (χ1n) is 8.61. The maximum absolute atomic E-state index is 12.5. The fourth-order valence-electron chi connectivity index (χ4n) is 2.55. The van der Waals surface area contributed by atoms with Gasteiger partial charge in [-0.05, 0) is 36.5 Å². The number of thiophene rings is 1. The molecule has 1 heterocycles. The molecule has 0 aliphatic heterocycles. The number of carboxylic acid groups (broad SMARTS) is 1. The van der Waals surface area contributed by atoms with Gasteiger partial charge in [-0.25, -0.2) is 13.1 Å². The Hall–Kier alpha value is -2.79. The fourth-order valence-corrected chi connectivity index (χ4v) is 5.14. The van der Waals surface area contributed by atoms with E-state index >= 15 is 0 Å². The quantitative estimate of drug-likeness (QED) is 0.346. The molecule has 2 N–H and O–H groups in total. The van der Waals surface area contributed by atoms with Gasteiger partial charge in [0.1, 0.15) is 10.1 Å². The third kappa shape index (κ3) is 6.09. The highest BCUT2D eigenvalue weighted by molar-refractivity contribution is 7.92. The van der Waals surface area contributed by atoms with Crippen LogP contribution in [-0.2, 0) is 32.5 Å². The minimum Gasteiger partial charge on any atom is -0.481 e. The summed E-state index contributed by atoms with van der Waals surface area (Å²) in [4.78, 5) is 34.8. The Bertz CT molecular complexity index is 1010. The van der Waals surface area contributed by atoms with Gasteiger partial charge in [0.25, 0.3) is 15.7 Å². The van der Waals surface area contributed by atoms with Crippen LogP contribution in [0.4, 0.5) is 5.69 Å². The molecule has 2 rings (SSSR count). The molecule has 1 atom stereocenters. The first-order chi connectivity index (χ1) is 13.5. The first kappa shape index (κ1) is 22.5. The van der Waals surface area contributed by atoms with E-state index in [9.17, 15) is 33.2 Å². The summed E-state index contributed by atoms with van der Waals surface area (Å²) >= 11 is 1.02. The monoisotopic (exact) mass is 440 g/mol. The number of sulfonamides is 1. The van der Waals surface area contributed by atoms with Crippen molar-refractivity contribution in [2.75, 3.05) is 0 Å². The lowest BCUT2D eigenvalue weighted by molar-refractivity contribution is -0.384. The molecule has 0 saturated heterocycles. The number of nitrogens with one attached hydrogen (secondary N) is 1. The number of non-ortho nitro benzene ring substituents is 1. The zero-order chi connectivity index (χ0) is 21.8. The normalized spacial score (nSPS) is 12.5. The average Bonchev–Trinajstić information content (AvgIpc) is 3.08. The second-order valence-corrected chi connectivity index (χ2v) is 9.88. The number of rotatable bonds is 9. The Morgan fingerprint density at radius 2 is 1.76 bits per heavy atom. The summed E-state index contributed by atoms with van der Waals surface area (Å²) < 4.78 is 26.7. The number of carboxylic acids is 1. The van der Waals surface area contributed by atoms with Gasteiger partial charge in [-0.1, -0.05) is 26.0 Å². The molecule has 29 heavy (non-hydrogen) atoms. The van der Waals surface area contributed by atoms with Gasteiger partial charge < -0.3 is 5.11 Å². The number of carbonyl (C=O) groups excluding carboxylic acids is 1. The molecule has 0 saturated carbocycles. The number of nitro groups is 1. The van der Waals surface area contributed by atoms with E-state index in [-0.39, 0.29) is 16.3 Å². The summed E-state index contributed by atoms with van der Waals surface area (Å²) in [5.41, 5.74) is 0.174. The Labute approximate surface area is 171 Å². The number of hydrogen-bond donors (Lipinski definition) is 2. The summed E-state index contributed by atoms with van der Waals surface area (Å²) in [6, 6.07) is 8.07. The van der Waals surface area contributed by atoms with Crippen molar-refractivity contribution in [1.29, 1.82) is 0 Å². The van der Waals surface area contributed by atoms with Gasteiger partial charge in [-0.15, -0.1) is 11.3 Å². The SMILES string of the molecule is CC(C)Cc1ccc(S(=O)(=O)NC(=O)C(Cc2ccc([N+](=O)[O-])cc2)C(=O)O)s1. The van der Waals surface area contributed by atoms with Gasteiger partial charge in [0, 0.05) is 17.0 Å². The molecule has 9 nitrogen and oxygen atoms in total. The van der Waals surface area contributed by atoms with E-state index in [0.29, 0.717) is 17.9 Å². The summed E-state index contributed by atoms with van der Waals surface area (Å²) in [5, 5.41) is 20.0. The van der Waals surface area contributed by atoms with Crippen molar-refractivity contribution in [3.63, 3.8) is 0 Å². The van der Waals surface area contributed by atoms with Crippen molar-refractivity contribution >= 4 is 38.9 Å². The highest BCUT2D eigenvalue weighted by Crippen LogP contribution is 2.24. The van der Waals surface area contributed by atoms with Crippen LogP contribution >= 0.6 is 11.3 Å². The Morgan fingerprint density at radius 1 is 1.14 bits per heavy atom. The summed E-state index contributed by atoms with van der Waals surface area (Å²) in [5.74, 6) is -4.00. The van der Waals surface area contributed by atoms with Crippen LogP contribution in [0, 0.1) is 22.0 Å². The third-order valence-corrected chi connectivity index (χ3v) is 6.89. The predicted molar refractivity (Wildman–Crippen MR) is 106 cm³/mol. The molecular weight excluding hydrogens is 420 g/mol. The Morgan fingerprint density at radius 3 is 2.28 bits per heavy atom. The lowest BCUT2D eigenvalue weighted by Gasteiger charge is -2.12.